The number of hydrogen-bond donors (Lipinski definition) is 4. The minimum atomic E-state index is -0.569. The summed E-state index contributed by atoms with van der Waals surface area (Å²) in [4.78, 5) is 0. The van der Waals surface area contributed by atoms with Gasteiger partial charge in [0, 0.05) is 18.4 Å². The monoisotopic (exact) mass is 392 g/mol. The summed E-state index contributed by atoms with van der Waals surface area (Å²) in [5.41, 5.74) is 2.22. The molecule has 156 valence electrons. The van der Waals surface area contributed by atoms with Crippen LogP contribution in [0.4, 0.5) is 0 Å². The van der Waals surface area contributed by atoms with Gasteiger partial charge in [-0.2, -0.15) is 0 Å². The maximum Gasteiger partial charge on any atom is 0.124 e. The first-order valence-corrected chi connectivity index (χ1v) is 10.1. The third-order valence-electron chi connectivity index (χ3n) is 5.71. The predicted octanol–water partition coefficient (Wildman–Crippen LogP) is 2.38. The molecule has 0 spiro atoms. The van der Waals surface area contributed by atoms with Crippen LogP contribution in [-0.4, -0.2) is 57.6 Å². The average Bonchev–Trinajstić information content (AvgIpc) is 2.65. The molecular weight excluding hydrogens is 360 g/mol. The molecule has 2 aliphatic heterocycles. The van der Waals surface area contributed by atoms with Crippen molar-refractivity contribution in [1.82, 2.24) is 0 Å². The molecule has 2 heterocycles. The van der Waals surface area contributed by atoms with E-state index in [1.807, 2.05) is 19.1 Å². The second kappa shape index (κ2) is 9.37. The minimum absolute atomic E-state index is 0.132. The van der Waals surface area contributed by atoms with E-state index in [2.05, 4.69) is 6.58 Å². The molecule has 0 bridgehead atoms. The van der Waals surface area contributed by atoms with Crippen molar-refractivity contribution in [3.63, 3.8) is 0 Å². The lowest BCUT2D eigenvalue weighted by Gasteiger charge is -2.33. The molecule has 28 heavy (non-hydrogen) atoms. The van der Waals surface area contributed by atoms with E-state index in [9.17, 15) is 20.4 Å². The summed E-state index contributed by atoms with van der Waals surface area (Å²) in [6.45, 7) is 5.97. The van der Waals surface area contributed by atoms with Crippen LogP contribution in [-0.2, 0) is 15.9 Å². The second-order valence-corrected chi connectivity index (χ2v) is 8.17. The Balaban J connectivity index is 1.68. The highest BCUT2D eigenvalue weighted by Crippen LogP contribution is 2.38. The van der Waals surface area contributed by atoms with E-state index in [1.54, 1.807) is 6.07 Å². The Labute approximate surface area is 166 Å². The van der Waals surface area contributed by atoms with Crippen LogP contribution in [0.3, 0.4) is 0 Å². The highest BCUT2D eigenvalue weighted by atomic mass is 16.5. The molecule has 1 aromatic carbocycles. The van der Waals surface area contributed by atoms with E-state index in [4.69, 9.17) is 9.47 Å². The van der Waals surface area contributed by atoms with Crippen LogP contribution < -0.4 is 0 Å². The van der Waals surface area contributed by atoms with Gasteiger partial charge in [-0.1, -0.05) is 30.4 Å². The lowest BCUT2D eigenvalue weighted by atomic mass is 9.91. The van der Waals surface area contributed by atoms with Crippen LogP contribution in [0.1, 0.15) is 56.3 Å². The predicted molar refractivity (Wildman–Crippen MR) is 105 cm³/mol. The van der Waals surface area contributed by atoms with E-state index in [1.165, 1.54) is 0 Å². The van der Waals surface area contributed by atoms with Crippen LogP contribution in [0.5, 0.6) is 5.75 Å². The van der Waals surface area contributed by atoms with E-state index in [0.29, 0.717) is 31.2 Å². The molecule has 2 saturated heterocycles. The van der Waals surface area contributed by atoms with Crippen LogP contribution in [0.25, 0.3) is 0 Å². The molecule has 3 rings (SSSR count). The van der Waals surface area contributed by atoms with Gasteiger partial charge in [0.05, 0.1) is 43.2 Å². The number of ether oxygens (including phenoxy) is 2. The molecule has 0 saturated carbocycles. The molecule has 1 aromatic rings. The van der Waals surface area contributed by atoms with Gasteiger partial charge in [0.1, 0.15) is 5.75 Å². The minimum Gasteiger partial charge on any atom is -0.507 e. The van der Waals surface area contributed by atoms with E-state index >= 15 is 0 Å². The Bertz CT molecular complexity index is 675. The summed E-state index contributed by atoms with van der Waals surface area (Å²) in [6.07, 6.45) is 1.30. The summed E-state index contributed by atoms with van der Waals surface area (Å²) >= 11 is 0. The molecule has 6 heteroatoms. The highest BCUT2D eigenvalue weighted by molar-refractivity contribution is 5.43. The topological polar surface area (TPSA) is 99.4 Å². The number of aromatic hydroxyl groups is 1. The van der Waals surface area contributed by atoms with E-state index in [0.717, 1.165) is 24.0 Å². The Morgan fingerprint density at radius 3 is 2.71 bits per heavy atom. The van der Waals surface area contributed by atoms with Crippen LogP contribution in [0.2, 0.25) is 0 Å². The van der Waals surface area contributed by atoms with Crippen molar-refractivity contribution in [2.75, 3.05) is 6.61 Å². The van der Waals surface area contributed by atoms with Gasteiger partial charge in [0.25, 0.3) is 0 Å². The summed E-state index contributed by atoms with van der Waals surface area (Å²) in [5.74, 6) is 0.137. The Morgan fingerprint density at radius 1 is 1.18 bits per heavy atom. The van der Waals surface area contributed by atoms with Gasteiger partial charge in [0.15, 0.2) is 0 Å². The zero-order valence-corrected chi connectivity index (χ0v) is 16.5. The number of aliphatic hydroxyl groups is 3. The van der Waals surface area contributed by atoms with E-state index in [-0.39, 0.29) is 24.6 Å². The third-order valence-corrected chi connectivity index (χ3v) is 5.71. The van der Waals surface area contributed by atoms with Gasteiger partial charge in [-0.3, -0.25) is 0 Å². The summed E-state index contributed by atoms with van der Waals surface area (Å²) < 4.78 is 11.7. The molecule has 5 unspecified atom stereocenters. The number of phenols is 1. The first-order chi connectivity index (χ1) is 13.4. The van der Waals surface area contributed by atoms with E-state index < -0.39 is 24.4 Å². The van der Waals surface area contributed by atoms with Crippen molar-refractivity contribution >= 4 is 0 Å². The molecule has 4 N–H and O–H groups in total. The normalized spacial score (nSPS) is 33.6. The third kappa shape index (κ3) is 5.13. The summed E-state index contributed by atoms with van der Waals surface area (Å²) in [5, 5.41) is 40.4. The van der Waals surface area contributed by atoms with Crippen molar-refractivity contribution in [2.45, 2.75) is 82.1 Å². The molecule has 2 fully saturated rings. The highest BCUT2D eigenvalue weighted by Gasteiger charge is 2.31. The lowest BCUT2D eigenvalue weighted by molar-refractivity contribution is -0.114. The first-order valence-electron chi connectivity index (χ1n) is 10.1. The molecule has 2 aliphatic rings. The summed E-state index contributed by atoms with van der Waals surface area (Å²) in [7, 11) is 0. The lowest BCUT2D eigenvalue weighted by Crippen LogP contribution is -2.38. The largest absolute Gasteiger partial charge is 0.507 e. The molecule has 6 nitrogen and oxygen atoms in total. The Kier molecular flexibility index (Phi) is 7.12. The number of phenolic OH excluding ortho intramolecular Hbond substituents is 1. The van der Waals surface area contributed by atoms with Gasteiger partial charge in [-0.25, -0.2) is 0 Å². The molecule has 0 amide bonds. The maximum absolute atomic E-state index is 10.8. The Hall–Kier alpha value is -1.44. The summed E-state index contributed by atoms with van der Waals surface area (Å²) in [6, 6.07) is 5.48. The fraction of sp³-hybridized carbons (Fsp3) is 0.636. The van der Waals surface area contributed by atoms with Gasteiger partial charge >= 0.3 is 0 Å². The van der Waals surface area contributed by atoms with Gasteiger partial charge in [-0.05, 0) is 38.2 Å². The van der Waals surface area contributed by atoms with Crippen molar-refractivity contribution in [3.05, 3.63) is 41.5 Å². The Morgan fingerprint density at radius 2 is 1.96 bits per heavy atom. The molecule has 6 atom stereocenters. The fourth-order valence-electron chi connectivity index (χ4n) is 4.18. The fourth-order valence-corrected chi connectivity index (χ4v) is 4.18. The number of hydrogen-bond acceptors (Lipinski definition) is 6. The van der Waals surface area contributed by atoms with Crippen LogP contribution in [0.15, 0.2) is 30.4 Å². The number of benzene rings is 1. The molecule has 0 aliphatic carbocycles. The van der Waals surface area contributed by atoms with Crippen LogP contribution >= 0.6 is 0 Å². The van der Waals surface area contributed by atoms with Crippen molar-refractivity contribution < 1.29 is 29.9 Å². The van der Waals surface area contributed by atoms with Gasteiger partial charge in [-0.15, -0.1) is 0 Å². The van der Waals surface area contributed by atoms with Crippen molar-refractivity contribution in [3.8, 4) is 5.75 Å². The van der Waals surface area contributed by atoms with Crippen molar-refractivity contribution in [2.24, 2.45) is 0 Å². The average molecular weight is 392 g/mol. The molecule has 0 aromatic heterocycles. The standard InChI is InChI=1S/C22H32O6/c1-13(9-21-19(25)7-6-14(2)27-21)8-15-4-3-5-18(22(15)26)20-11-16(24)10-17(12-23)28-20/h3-5,14,16-17,19-21,23-26H,1,6-12H2,2H3/t14-,16?,17?,19?,20?,21?/m0/s1. The zero-order valence-electron chi connectivity index (χ0n) is 16.5. The van der Waals surface area contributed by atoms with Crippen molar-refractivity contribution in [1.29, 1.82) is 0 Å². The number of aliphatic hydroxyl groups excluding tert-OH is 3. The van der Waals surface area contributed by atoms with Crippen LogP contribution in [0, 0.1) is 0 Å². The quantitative estimate of drug-likeness (QED) is 0.555. The smallest absolute Gasteiger partial charge is 0.124 e. The first kappa shape index (κ1) is 21.3. The second-order valence-electron chi connectivity index (χ2n) is 8.17. The maximum atomic E-state index is 10.8. The molecular formula is C22H32O6. The molecule has 0 radical (unpaired) electrons. The van der Waals surface area contributed by atoms with Gasteiger partial charge in [0.2, 0.25) is 0 Å². The van der Waals surface area contributed by atoms with Gasteiger partial charge < -0.3 is 29.9 Å². The zero-order chi connectivity index (χ0) is 20.3. The number of para-hydroxylation sites is 1. The SMILES string of the molecule is C=C(Cc1cccc(C2CC(O)CC(CO)O2)c1O)CC1O[C@@H](C)CCC1O. The number of rotatable bonds is 6.